The van der Waals surface area contributed by atoms with Crippen molar-refractivity contribution in [3.63, 3.8) is 0 Å². The number of para-hydroxylation sites is 1. The van der Waals surface area contributed by atoms with Crippen LogP contribution in [0.25, 0.3) is 0 Å². The lowest BCUT2D eigenvalue weighted by atomic mass is 10.1. The maximum absolute atomic E-state index is 12.8. The molecule has 0 fully saturated rings. The SMILES string of the molecule is O=C(Nc1ccccc1C(F)(F)F)c1ccoc1C(F)(F)F. The van der Waals surface area contributed by atoms with Gasteiger partial charge >= 0.3 is 12.4 Å². The number of amides is 1. The first-order chi connectivity index (χ1) is 10.1. The van der Waals surface area contributed by atoms with E-state index in [1.165, 1.54) is 6.07 Å². The fraction of sp³-hybridized carbons (Fsp3) is 0.154. The third kappa shape index (κ3) is 3.23. The van der Waals surface area contributed by atoms with Crippen LogP contribution in [-0.4, -0.2) is 5.91 Å². The van der Waals surface area contributed by atoms with Gasteiger partial charge in [-0.25, -0.2) is 0 Å². The fourth-order valence-electron chi connectivity index (χ4n) is 1.74. The van der Waals surface area contributed by atoms with Crippen molar-refractivity contribution >= 4 is 11.6 Å². The Bertz CT molecular complexity index is 686. The van der Waals surface area contributed by atoms with E-state index in [4.69, 9.17) is 0 Å². The third-order valence-corrected chi connectivity index (χ3v) is 2.65. The van der Waals surface area contributed by atoms with Gasteiger partial charge in [0.25, 0.3) is 5.91 Å². The highest BCUT2D eigenvalue weighted by Gasteiger charge is 2.40. The molecule has 1 aromatic carbocycles. The number of rotatable bonds is 2. The summed E-state index contributed by atoms with van der Waals surface area (Å²) in [6, 6.07) is 4.68. The molecule has 2 aromatic rings. The molecule has 22 heavy (non-hydrogen) atoms. The first kappa shape index (κ1) is 15.9. The van der Waals surface area contributed by atoms with Gasteiger partial charge in [0, 0.05) is 0 Å². The summed E-state index contributed by atoms with van der Waals surface area (Å²) in [5, 5.41) is 1.81. The maximum Gasteiger partial charge on any atom is 0.450 e. The monoisotopic (exact) mass is 323 g/mol. The number of carbonyl (C=O) groups excluding carboxylic acids is 1. The van der Waals surface area contributed by atoms with E-state index in [-0.39, 0.29) is 0 Å². The number of anilines is 1. The predicted molar refractivity (Wildman–Crippen MR) is 63.1 cm³/mol. The summed E-state index contributed by atoms with van der Waals surface area (Å²) in [6.45, 7) is 0. The predicted octanol–water partition coefficient (Wildman–Crippen LogP) is 4.57. The van der Waals surface area contributed by atoms with Crippen molar-refractivity contribution < 1.29 is 35.6 Å². The molecule has 0 aliphatic carbocycles. The Balaban J connectivity index is 2.34. The Morgan fingerprint density at radius 3 is 2.18 bits per heavy atom. The molecule has 1 N–H and O–H groups in total. The van der Waals surface area contributed by atoms with Gasteiger partial charge in [0.15, 0.2) is 0 Å². The van der Waals surface area contributed by atoms with E-state index in [0.717, 1.165) is 18.2 Å². The summed E-state index contributed by atoms with van der Waals surface area (Å²) in [4.78, 5) is 11.8. The lowest BCUT2D eigenvalue weighted by Gasteiger charge is -2.13. The summed E-state index contributed by atoms with van der Waals surface area (Å²) in [5.41, 5.74) is -2.71. The van der Waals surface area contributed by atoms with E-state index in [0.29, 0.717) is 12.3 Å². The van der Waals surface area contributed by atoms with Gasteiger partial charge in [-0.2, -0.15) is 26.3 Å². The van der Waals surface area contributed by atoms with Crippen molar-refractivity contribution in [1.82, 2.24) is 0 Å². The summed E-state index contributed by atoms with van der Waals surface area (Å²) in [5.74, 6) is -2.92. The molecule has 0 aliphatic rings. The molecule has 0 spiro atoms. The van der Waals surface area contributed by atoms with Gasteiger partial charge in [0.05, 0.1) is 23.1 Å². The Kier molecular flexibility index (Phi) is 3.90. The van der Waals surface area contributed by atoms with E-state index in [2.05, 4.69) is 4.42 Å². The molecule has 0 saturated carbocycles. The minimum atomic E-state index is -4.93. The van der Waals surface area contributed by atoms with E-state index < -0.39 is 40.8 Å². The van der Waals surface area contributed by atoms with E-state index >= 15 is 0 Å². The number of carbonyl (C=O) groups is 1. The fourth-order valence-corrected chi connectivity index (χ4v) is 1.74. The molecule has 0 atom stereocenters. The summed E-state index contributed by atoms with van der Waals surface area (Å²) < 4.78 is 80.2. The maximum atomic E-state index is 12.8. The van der Waals surface area contributed by atoms with Crippen LogP contribution in [0.4, 0.5) is 32.0 Å². The van der Waals surface area contributed by atoms with Crippen LogP contribution >= 0.6 is 0 Å². The number of nitrogens with one attached hydrogen (secondary N) is 1. The van der Waals surface area contributed by atoms with Crippen LogP contribution in [0.1, 0.15) is 21.7 Å². The lowest BCUT2D eigenvalue weighted by Crippen LogP contribution is -2.19. The summed E-state index contributed by atoms with van der Waals surface area (Å²) in [7, 11) is 0. The van der Waals surface area contributed by atoms with Gasteiger partial charge in [-0.3, -0.25) is 4.79 Å². The van der Waals surface area contributed by atoms with Crippen LogP contribution in [0.15, 0.2) is 41.0 Å². The Morgan fingerprint density at radius 2 is 1.59 bits per heavy atom. The van der Waals surface area contributed by atoms with Crippen molar-refractivity contribution in [2.75, 3.05) is 5.32 Å². The van der Waals surface area contributed by atoms with Crippen molar-refractivity contribution in [2.24, 2.45) is 0 Å². The zero-order valence-corrected chi connectivity index (χ0v) is 10.5. The Morgan fingerprint density at radius 1 is 0.955 bits per heavy atom. The molecule has 9 heteroatoms. The highest BCUT2D eigenvalue weighted by Crippen LogP contribution is 2.36. The number of alkyl halides is 6. The average Bonchev–Trinajstić information content (AvgIpc) is 2.87. The quantitative estimate of drug-likeness (QED) is 0.823. The largest absolute Gasteiger partial charge is 0.459 e. The number of hydrogen-bond donors (Lipinski definition) is 1. The van der Waals surface area contributed by atoms with Crippen molar-refractivity contribution in [3.8, 4) is 0 Å². The average molecular weight is 323 g/mol. The molecule has 1 aromatic heterocycles. The topological polar surface area (TPSA) is 42.2 Å². The van der Waals surface area contributed by atoms with Gasteiger partial charge in [-0.15, -0.1) is 0 Å². The molecule has 3 nitrogen and oxygen atoms in total. The van der Waals surface area contributed by atoms with E-state index in [1.807, 2.05) is 5.32 Å². The molecule has 2 rings (SSSR count). The Hall–Kier alpha value is -2.45. The lowest BCUT2D eigenvalue weighted by molar-refractivity contribution is -0.153. The van der Waals surface area contributed by atoms with Crippen molar-refractivity contribution in [2.45, 2.75) is 12.4 Å². The van der Waals surface area contributed by atoms with Gasteiger partial charge in [-0.1, -0.05) is 12.1 Å². The minimum Gasteiger partial charge on any atom is -0.459 e. The summed E-state index contributed by atoms with van der Waals surface area (Å²) >= 11 is 0. The zero-order chi connectivity index (χ0) is 16.5. The van der Waals surface area contributed by atoms with Crippen molar-refractivity contribution in [1.29, 1.82) is 0 Å². The van der Waals surface area contributed by atoms with Crippen LogP contribution < -0.4 is 5.32 Å². The molecule has 0 saturated heterocycles. The second-order valence-corrected chi connectivity index (χ2v) is 4.16. The van der Waals surface area contributed by atoms with Crippen LogP contribution in [0.5, 0.6) is 0 Å². The third-order valence-electron chi connectivity index (χ3n) is 2.65. The molecule has 0 bridgehead atoms. The standard InChI is InChI=1S/C13H7F6NO2/c14-12(15,16)8-3-1-2-4-9(8)20-11(21)7-5-6-22-10(7)13(17,18)19/h1-6H,(H,20,21). The van der Waals surface area contributed by atoms with Crippen LogP contribution in [-0.2, 0) is 12.4 Å². The highest BCUT2D eigenvalue weighted by molar-refractivity contribution is 6.05. The molecule has 1 heterocycles. The smallest absolute Gasteiger partial charge is 0.450 e. The molecule has 0 radical (unpaired) electrons. The van der Waals surface area contributed by atoms with Gasteiger partial charge < -0.3 is 9.73 Å². The van der Waals surface area contributed by atoms with Crippen molar-refractivity contribution in [3.05, 3.63) is 53.5 Å². The van der Waals surface area contributed by atoms with Gasteiger partial charge in [-0.05, 0) is 18.2 Å². The van der Waals surface area contributed by atoms with Gasteiger partial charge in [0.2, 0.25) is 5.76 Å². The normalized spacial score (nSPS) is 12.3. The number of benzene rings is 1. The second kappa shape index (κ2) is 5.39. The van der Waals surface area contributed by atoms with E-state index in [9.17, 15) is 31.1 Å². The van der Waals surface area contributed by atoms with Gasteiger partial charge in [0.1, 0.15) is 0 Å². The van der Waals surface area contributed by atoms with Crippen LogP contribution in [0.3, 0.4) is 0 Å². The zero-order valence-electron chi connectivity index (χ0n) is 10.5. The molecule has 118 valence electrons. The van der Waals surface area contributed by atoms with E-state index in [1.54, 1.807) is 0 Å². The molecule has 0 aliphatic heterocycles. The number of halogens is 6. The molecular weight excluding hydrogens is 316 g/mol. The van der Waals surface area contributed by atoms with Crippen LogP contribution in [0, 0.1) is 0 Å². The Labute approximate surface area is 119 Å². The molecule has 0 unspecified atom stereocenters. The summed E-state index contributed by atoms with van der Waals surface area (Å²) in [6.07, 6.45) is -9.06. The second-order valence-electron chi connectivity index (χ2n) is 4.16. The number of hydrogen-bond acceptors (Lipinski definition) is 2. The highest BCUT2D eigenvalue weighted by atomic mass is 19.4. The number of furan rings is 1. The molecule has 1 amide bonds. The molecular formula is C13H7F6NO2. The first-order valence-electron chi connectivity index (χ1n) is 5.73. The van der Waals surface area contributed by atoms with Crippen LogP contribution in [0.2, 0.25) is 0 Å². The first-order valence-corrected chi connectivity index (χ1v) is 5.73. The minimum absolute atomic E-state index is 0.632.